The molecule has 0 spiro atoms. The first-order valence-electron chi connectivity index (χ1n) is 7.41. The Labute approximate surface area is 128 Å². The van der Waals surface area contributed by atoms with Crippen molar-refractivity contribution in [2.24, 2.45) is 5.73 Å². The van der Waals surface area contributed by atoms with Gasteiger partial charge in [0.15, 0.2) is 0 Å². The zero-order valence-electron chi connectivity index (χ0n) is 12.5. The lowest BCUT2D eigenvalue weighted by atomic mass is 10.1. The molecule has 3 N–H and O–H groups in total. The van der Waals surface area contributed by atoms with Crippen molar-refractivity contribution in [2.45, 2.75) is 26.3 Å². The molecule has 0 aliphatic rings. The Hall–Kier alpha value is -2.58. The molecular formula is C17H18N4O. The highest BCUT2D eigenvalue weighted by Crippen LogP contribution is 2.24. The summed E-state index contributed by atoms with van der Waals surface area (Å²) in [6, 6.07) is 5.65. The summed E-state index contributed by atoms with van der Waals surface area (Å²) in [6.45, 7) is 3.13. The highest BCUT2D eigenvalue weighted by atomic mass is 16.1. The van der Waals surface area contributed by atoms with Crippen molar-refractivity contribution in [1.29, 1.82) is 0 Å². The third-order valence-corrected chi connectivity index (χ3v) is 3.95. The number of terminal acetylenes is 1. The molecular weight excluding hydrogens is 276 g/mol. The number of hydrogen-bond acceptors (Lipinski definition) is 3. The minimum atomic E-state index is -0.0185. The maximum atomic E-state index is 12.9. The summed E-state index contributed by atoms with van der Waals surface area (Å²) in [5.74, 6) is 2.64. The van der Waals surface area contributed by atoms with E-state index in [0.29, 0.717) is 24.0 Å². The average molecular weight is 294 g/mol. The predicted octanol–water partition coefficient (Wildman–Crippen LogP) is 1.77. The second-order valence-corrected chi connectivity index (χ2v) is 5.25. The first-order chi connectivity index (χ1) is 10.7. The molecule has 0 saturated heterocycles. The van der Waals surface area contributed by atoms with Crippen molar-refractivity contribution in [2.75, 3.05) is 6.54 Å². The second-order valence-electron chi connectivity index (χ2n) is 5.25. The molecule has 0 aliphatic heterocycles. The Bertz CT molecular complexity index is 943. The summed E-state index contributed by atoms with van der Waals surface area (Å²) in [5.41, 5.74) is 8.76. The van der Waals surface area contributed by atoms with E-state index in [1.54, 1.807) is 4.57 Å². The molecule has 0 fully saturated rings. The van der Waals surface area contributed by atoms with E-state index < -0.39 is 0 Å². The van der Waals surface area contributed by atoms with Crippen LogP contribution in [-0.4, -0.2) is 21.3 Å². The van der Waals surface area contributed by atoms with Crippen LogP contribution in [-0.2, 0) is 13.0 Å². The summed E-state index contributed by atoms with van der Waals surface area (Å²) in [6.07, 6.45) is 6.97. The summed E-state index contributed by atoms with van der Waals surface area (Å²) < 4.78 is 1.78. The van der Waals surface area contributed by atoms with Gasteiger partial charge in [-0.2, -0.15) is 5.10 Å². The molecule has 0 unspecified atom stereocenters. The Morgan fingerprint density at radius 2 is 2.27 bits per heavy atom. The average Bonchev–Trinajstić information content (AvgIpc) is 2.99. The zero-order valence-corrected chi connectivity index (χ0v) is 12.5. The SMILES string of the molecule is C#Cc1ccc2c(c1)c1n[nH]c(CC)c1c(=O)n2CCCN. The molecule has 112 valence electrons. The molecule has 22 heavy (non-hydrogen) atoms. The van der Waals surface area contributed by atoms with Gasteiger partial charge in [-0.25, -0.2) is 0 Å². The van der Waals surface area contributed by atoms with E-state index in [9.17, 15) is 4.79 Å². The summed E-state index contributed by atoms with van der Waals surface area (Å²) >= 11 is 0. The van der Waals surface area contributed by atoms with Gasteiger partial charge in [0.1, 0.15) is 5.52 Å². The van der Waals surface area contributed by atoms with Crippen LogP contribution in [0.5, 0.6) is 0 Å². The smallest absolute Gasteiger partial charge is 0.262 e. The Morgan fingerprint density at radius 3 is 2.95 bits per heavy atom. The van der Waals surface area contributed by atoms with E-state index in [0.717, 1.165) is 35.0 Å². The fraction of sp³-hybridized carbons (Fsp3) is 0.294. The van der Waals surface area contributed by atoms with Crippen molar-refractivity contribution in [3.8, 4) is 12.3 Å². The van der Waals surface area contributed by atoms with Gasteiger partial charge < -0.3 is 10.3 Å². The molecule has 3 aromatic rings. The monoisotopic (exact) mass is 294 g/mol. The summed E-state index contributed by atoms with van der Waals surface area (Å²) in [4.78, 5) is 12.9. The lowest BCUT2D eigenvalue weighted by Crippen LogP contribution is -2.22. The van der Waals surface area contributed by atoms with Gasteiger partial charge in [-0.05, 0) is 37.6 Å². The van der Waals surface area contributed by atoms with Gasteiger partial charge in [-0.1, -0.05) is 12.8 Å². The van der Waals surface area contributed by atoms with E-state index in [1.165, 1.54) is 0 Å². The molecule has 2 aromatic heterocycles. The maximum Gasteiger partial charge on any atom is 0.262 e. The molecule has 5 heteroatoms. The fourth-order valence-electron chi connectivity index (χ4n) is 2.83. The highest BCUT2D eigenvalue weighted by Gasteiger charge is 2.16. The molecule has 2 heterocycles. The Morgan fingerprint density at radius 1 is 1.45 bits per heavy atom. The van der Waals surface area contributed by atoms with Crippen LogP contribution >= 0.6 is 0 Å². The molecule has 3 rings (SSSR count). The molecule has 0 aliphatic carbocycles. The van der Waals surface area contributed by atoms with Gasteiger partial charge in [-0.15, -0.1) is 6.42 Å². The van der Waals surface area contributed by atoms with Crippen molar-refractivity contribution < 1.29 is 0 Å². The minimum absolute atomic E-state index is 0.0185. The third kappa shape index (κ3) is 2.09. The van der Waals surface area contributed by atoms with E-state index in [-0.39, 0.29) is 5.56 Å². The number of aromatic amines is 1. The van der Waals surface area contributed by atoms with Gasteiger partial charge in [0.25, 0.3) is 5.56 Å². The fourth-order valence-corrected chi connectivity index (χ4v) is 2.83. The zero-order chi connectivity index (χ0) is 15.7. The largest absolute Gasteiger partial charge is 0.330 e. The topological polar surface area (TPSA) is 76.7 Å². The number of hydrogen-bond donors (Lipinski definition) is 2. The van der Waals surface area contributed by atoms with Gasteiger partial charge in [0, 0.05) is 23.2 Å². The number of fused-ring (bicyclic) bond motifs is 3. The molecule has 0 bridgehead atoms. The second kappa shape index (κ2) is 5.66. The molecule has 0 radical (unpaired) electrons. The maximum absolute atomic E-state index is 12.9. The first kappa shape index (κ1) is 14.4. The van der Waals surface area contributed by atoms with E-state index in [4.69, 9.17) is 12.2 Å². The number of nitrogens with two attached hydrogens (primary N) is 1. The number of pyridine rings is 1. The Kier molecular flexibility index (Phi) is 3.70. The number of benzene rings is 1. The van der Waals surface area contributed by atoms with Gasteiger partial charge in [0.05, 0.1) is 10.9 Å². The van der Waals surface area contributed by atoms with Crippen LogP contribution in [0.1, 0.15) is 24.6 Å². The Balaban J connectivity index is 2.46. The number of H-pyrrole nitrogens is 1. The number of aromatic nitrogens is 3. The normalized spacial score (nSPS) is 11.1. The molecule has 0 saturated carbocycles. The van der Waals surface area contributed by atoms with Crippen molar-refractivity contribution in [3.05, 3.63) is 39.8 Å². The van der Waals surface area contributed by atoms with Crippen LogP contribution < -0.4 is 11.3 Å². The van der Waals surface area contributed by atoms with Crippen molar-refractivity contribution >= 4 is 21.8 Å². The van der Waals surface area contributed by atoms with E-state index >= 15 is 0 Å². The van der Waals surface area contributed by atoms with Crippen LogP contribution in [0.25, 0.3) is 21.8 Å². The minimum Gasteiger partial charge on any atom is -0.330 e. The van der Waals surface area contributed by atoms with E-state index in [1.807, 2.05) is 25.1 Å². The van der Waals surface area contributed by atoms with Crippen molar-refractivity contribution in [1.82, 2.24) is 14.8 Å². The quantitative estimate of drug-likeness (QED) is 0.720. The lowest BCUT2D eigenvalue weighted by molar-refractivity contribution is 0.653. The molecule has 0 atom stereocenters. The predicted molar refractivity (Wildman–Crippen MR) is 88.8 cm³/mol. The van der Waals surface area contributed by atoms with Gasteiger partial charge in [0.2, 0.25) is 0 Å². The molecule has 0 amide bonds. The van der Waals surface area contributed by atoms with Crippen LogP contribution in [0.3, 0.4) is 0 Å². The van der Waals surface area contributed by atoms with Gasteiger partial charge in [-0.3, -0.25) is 9.89 Å². The van der Waals surface area contributed by atoms with Crippen LogP contribution in [0.2, 0.25) is 0 Å². The molecule has 1 aromatic carbocycles. The highest BCUT2D eigenvalue weighted by molar-refractivity contribution is 6.04. The molecule has 5 nitrogen and oxygen atoms in total. The number of rotatable bonds is 4. The standard InChI is InChI=1S/C17H18N4O/c1-3-11-6-7-14-12(10-11)16-15(13(4-2)19-20-16)17(22)21(14)9-5-8-18/h1,6-7,10H,4-5,8-9,18H2,2H3,(H,19,20). The number of nitrogens with zero attached hydrogens (tertiary/aromatic N) is 2. The lowest BCUT2D eigenvalue weighted by Gasteiger charge is -2.11. The number of aryl methyl sites for hydroxylation is 2. The summed E-state index contributed by atoms with van der Waals surface area (Å²) in [7, 11) is 0. The van der Waals surface area contributed by atoms with Crippen LogP contribution in [0, 0.1) is 12.3 Å². The van der Waals surface area contributed by atoms with Crippen LogP contribution in [0.4, 0.5) is 0 Å². The van der Waals surface area contributed by atoms with Gasteiger partial charge >= 0.3 is 0 Å². The number of nitrogens with one attached hydrogen (secondary N) is 1. The van der Waals surface area contributed by atoms with Crippen molar-refractivity contribution in [3.63, 3.8) is 0 Å². The first-order valence-corrected chi connectivity index (χ1v) is 7.41. The summed E-state index contributed by atoms with van der Waals surface area (Å²) in [5, 5.41) is 8.88. The van der Waals surface area contributed by atoms with E-state index in [2.05, 4.69) is 16.1 Å². The third-order valence-electron chi connectivity index (χ3n) is 3.95. The van der Waals surface area contributed by atoms with Crippen LogP contribution in [0.15, 0.2) is 23.0 Å².